The second-order valence-electron chi connectivity index (χ2n) is 5.93. The molecule has 0 aromatic heterocycles. The predicted molar refractivity (Wildman–Crippen MR) is 93.0 cm³/mol. The number of amides is 3. The summed E-state index contributed by atoms with van der Waals surface area (Å²) in [5.41, 5.74) is 1.93. The lowest BCUT2D eigenvalue weighted by molar-refractivity contribution is -0.723. The first-order chi connectivity index (χ1) is 12.2. The minimum Gasteiger partial charge on any atom is -0.493 e. The van der Waals surface area contributed by atoms with Crippen molar-refractivity contribution < 1.29 is 19.6 Å². The smallest absolute Gasteiger partial charge is 0.321 e. The second kappa shape index (κ2) is 7.81. The van der Waals surface area contributed by atoms with Crippen LogP contribution in [0.2, 0.25) is 0 Å². The molecular formula is C19H22N3O3+. The van der Waals surface area contributed by atoms with E-state index >= 15 is 0 Å². The van der Waals surface area contributed by atoms with Gasteiger partial charge in [-0.1, -0.05) is 42.5 Å². The number of nitrogens with two attached hydrogens (primary N) is 1. The normalized spacial score (nSPS) is 16.9. The van der Waals surface area contributed by atoms with E-state index in [1.165, 1.54) is 7.05 Å². The van der Waals surface area contributed by atoms with Gasteiger partial charge < -0.3 is 15.4 Å². The summed E-state index contributed by atoms with van der Waals surface area (Å²) in [6, 6.07) is 16.4. The zero-order valence-electron chi connectivity index (χ0n) is 14.1. The minimum atomic E-state index is -0.519. The Kier molecular flexibility index (Phi) is 5.30. The number of benzene rings is 2. The van der Waals surface area contributed by atoms with E-state index in [9.17, 15) is 9.59 Å². The van der Waals surface area contributed by atoms with Gasteiger partial charge in [0.2, 0.25) is 0 Å². The van der Waals surface area contributed by atoms with Gasteiger partial charge in [0.25, 0.3) is 5.91 Å². The Morgan fingerprint density at radius 1 is 1.12 bits per heavy atom. The summed E-state index contributed by atoms with van der Waals surface area (Å²) in [7, 11) is 1.48. The molecule has 0 fully saturated rings. The Bertz CT molecular complexity index is 749. The maximum atomic E-state index is 12.7. The van der Waals surface area contributed by atoms with Gasteiger partial charge in [0.15, 0.2) is 6.04 Å². The minimum absolute atomic E-state index is 0.0885. The van der Waals surface area contributed by atoms with Gasteiger partial charge in [0.1, 0.15) is 11.8 Å². The highest BCUT2D eigenvalue weighted by molar-refractivity contribution is 5.96. The van der Waals surface area contributed by atoms with Crippen molar-refractivity contribution in [1.82, 2.24) is 10.6 Å². The number of urea groups is 1. The zero-order valence-corrected chi connectivity index (χ0v) is 14.1. The van der Waals surface area contributed by atoms with E-state index in [0.717, 1.165) is 23.3 Å². The van der Waals surface area contributed by atoms with Crippen molar-refractivity contribution in [2.75, 3.05) is 13.7 Å². The topological polar surface area (TPSA) is 84.0 Å². The van der Waals surface area contributed by atoms with Crippen molar-refractivity contribution in [2.24, 2.45) is 0 Å². The quantitative estimate of drug-likeness (QED) is 0.784. The van der Waals surface area contributed by atoms with E-state index in [2.05, 4.69) is 10.6 Å². The Labute approximate surface area is 146 Å². The van der Waals surface area contributed by atoms with Gasteiger partial charge in [-0.05, 0) is 12.1 Å². The lowest BCUT2D eigenvalue weighted by atomic mass is 9.97. The van der Waals surface area contributed by atoms with Crippen molar-refractivity contribution >= 4 is 11.9 Å². The summed E-state index contributed by atoms with van der Waals surface area (Å²) in [5.74, 6) is 0.517. The maximum absolute atomic E-state index is 12.7. The van der Waals surface area contributed by atoms with E-state index in [1.54, 1.807) is 0 Å². The summed E-state index contributed by atoms with van der Waals surface area (Å²) < 4.78 is 5.70. The molecule has 0 radical (unpaired) electrons. The third kappa shape index (κ3) is 3.97. The van der Waals surface area contributed by atoms with Gasteiger partial charge >= 0.3 is 6.03 Å². The highest BCUT2D eigenvalue weighted by Gasteiger charge is 2.32. The molecule has 0 unspecified atom stereocenters. The van der Waals surface area contributed by atoms with E-state index in [4.69, 9.17) is 4.74 Å². The standard InChI is InChI=1S/C19H21N3O3/c1-20-19(24)22-18(23)17(13-7-3-2-4-8-13)21-15-11-12-25-16-10-6-5-9-14(15)16/h2-10,15,17,21H,11-12H2,1H3,(H2,20,22,23,24)/p+1/t15-,17+/m1/s1. The molecule has 0 saturated carbocycles. The SMILES string of the molecule is CNC(=O)NC(=O)[C@@H]([NH2+][C@@H]1CCOc2ccccc21)c1ccccc1. The highest BCUT2D eigenvalue weighted by atomic mass is 16.5. The summed E-state index contributed by atoms with van der Waals surface area (Å²) in [4.78, 5) is 24.2. The van der Waals surface area contributed by atoms with Gasteiger partial charge in [-0.2, -0.15) is 0 Å². The number of nitrogens with one attached hydrogen (secondary N) is 2. The summed E-state index contributed by atoms with van der Waals surface area (Å²) in [6.07, 6.45) is 0.799. The van der Waals surface area contributed by atoms with Crippen LogP contribution in [-0.2, 0) is 4.79 Å². The van der Waals surface area contributed by atoms with E-state index in [-0.39, 0.29) is 11.9 Å². The molecule has 2 atom stereocenters. The van der Waals surface area contributed by atoms with Crippen molar-refractivity contribution in [1.29, 1.82) is 0 Å². The third-order valence-corrected chi connectivity index (χ3v) is 4.33. The molecule has 3 amide bonds. The molecule has 3 rings (SSSR count). The molecule has 0 bridgehead atoms. The highest BCUT2D eigenvalue weighted by Crippen LogP contribution is 2.29. The first-order valence-corrected chi connectivity index (χ1v) is 8.33. The van der Waals surface area contributed by atoms with E-state index in [1.807, 2.05) is 59.9 Å². The van der Waals surface area contributed by atoms with Crippen LogP contribution in [0.5, 0.6) is 5.75 Å². The van der Waals surface area contributed by atoms with E-state index < -0.39 is 12.1 Å². The first kappa shape index (κ1) is 17.0. The molecule has 25 heavy (non-hydrogen) atoms. The fourth-order valence-corrected chi connectivity index (χ4v) is 3.06. The molecule has 1 aliphatic rings. The molecule has 1 heterocycles. The van der Waals surface area contributed by atoms with Crippen LogP contribution in [0.1, 0.15) is 29.6 Å². The Hall–Kier alpha value is -2.86. The molecular weight excluding hydrogens is 318 g/mol. The average Bonchev–Trinajstić information content (AvgIpc) is 2.66. The van der Waals surface area contributed by atoms with Crippen LogP contribution in [0.25, 0.3) is 0 Å². The van der Waals surface area contributed by atoms with Crippen molar-refractivity contribution in [3.05, 3.63) is 65.7 Å². The summed E-state index contributed by atoms with van der Waals surface area (Å²) in [5, 5.41) is 6.82. The number of carbonyl (C=O) groups is 2. The fourth-order valence-electron chi connectivity index (χ4n) is 3.06. The van der Waals surface area contributed by atoms with Crippen molar-refractivity contribution in [3.63, 3.8) is 0 Å². The molecule has 130 valence electrons. The first-order valence-electron chi connectivity index (χ1n) is 8.33. The number of ether oxygens (including phenoxy) is 1. The van der Waals surface area contributed by atoms with Crippen LogP contribution in [0.4, 0.5) is 4.79 Å². The lowest BCUT2D eigenvalue weighted by Crippen LogP contribution is -2.89. The van der Waals surface area contributed by atoms with Gasteiger partial charge in [-0.3, -0.25) is 10.1 Å². The molecule has 0 spiro atoms. The molecule has 1 aliphatic heterocycles. The number of hydrogen-bond acceptors (Lipinski definition) is 3. The van der Waals surface area contributed by atoms with Crippen LogP contribution in [0.15, 0.2) is 54.6 Å². The number of imide groups is 1. The molecule has 6 heteroatoms. The number of hydrogen-bond donors (Lipinski definition) is 3. The number of carbonyl (C=O) groups excluding carboxylic acids is 2. The molecule has 0 saturated heterocycles. The van der Waals surface area contributed by atoms with Crippen molar-refractivity contribution in [3.8, 4) is 5.75 Å². The van der Waals surface area contributed by atoms with E-state index in [0.29, 0.717) is 6.61 Å². The zero-order chi connectivity index (χ0) is 17.6. The van der Waals surface area contributed by atoms with Crippen molar-refractivity contribution in [2.45, 2.75) is 18.5 Å². The molecule has 2 aromatic rings. The van der Waals surface area contributed by atoms with Gasteiger partial charge in [-0.15, -0.1) is 0 Å². The summed E-state index contributed by atoms with van der Waals surface area (Å²) >= 11 is 0. The Balaban J connectivity index is 1.86. The number of para-hydroxylation sites is 1. The monoisotopic (exact) mass is 340 g/mol. The second-order valence-corrected chi connectivity index (χ2v) is 5.93. The van der Waals surface area contributed by atoms with Gasteiger partial charge in [-0.25, -0.2) is 4.79 Å². The number of rotatable bonds is 4. The average molecular weight is 340 g/mol. The lowest BCUT2D eigenvalue weighted by Gasteiger charge is -2.27. The summed E-state index contributed by atoms with van der Waals surface area (Å²) in [6.45, 7) is 0.608. The maximum Gasteiger partial charge on any atom is 0.321 e. The predicted octanol–water partition coefficient (Wildman–Crippen LogP) is 1.27. The van der Waals surface area contributed by atoms with Gasteiger partial charge in [0.05, 0.1) is 12.2 Å². The third-order valence-electron chi connectivity index (χ3n) is 4.33. The molecule has 4 N–H and O–H groups in total. The number of quaternary nitrogens is 1. The van der Waals surface area contributed by atoms with Gasteiger partial charge in [0, 0.05) is 19.0 Å². The molecule has 0 aliphatic carbocycles. The molecule has 6 nitrogen and oxygen atoms in total. The Morgan fingerprint density at radius 2 is 1.84 bits per heavy atom. The van der Waals surface area contributed by atoms with Crippen LogP contribution in [0.3, 0.4) is 0 Å². The number of fused-ring (bicyclic) bond motifs is 1. The fraction of sp³-hybridized carbons (Fsp3) is 0.263. The molecule has 2 aromatic carbocycles. The Morgan fingerprint density at radius 3 is 2.60 bits per heavy atom. The van der Waals surface area contributed by atoms with Crippen LogP contribution in [-0.4, -0.2) is 25.6 Å². The largest absolute Gasteiger partial charge is 0.493 e. The van der Waals surface area contributed by atoms with Crippen LogP contribution >= 0.6 is 0 Å². The van der Waals surface area contributed by atoms with Crippen LogP contribution < -0.4 is 20.7 Å². The van der Waals surface area contributed by atoms with Crippen LogP contribution in [0, 0.1) is 0 Å².